The first kappa shape index (κ1) is 34.8. The molecule has 2 aliphatic rings. The molecule has 256 valence electrons. The number of hydrogen-bond donors (Lipinski definition) is 5. The van der Waals surface area contributed by atoms with Crippen molar-refractivity contribution < 1.29 is 24.5 Å². The number of aryl methyl sites for hydroxylation is 1. The van der Waals surface area contributed by atoms with Gasteiger partial charge in [-0.2, -0.15) is 0 Å². The first-order chi connectivity index (χ1) is 23.8. The summed E-state index contributed by atoms with van der Waals surface area (Å²) in [7, 11) is 1.50. The van der Waals surface area contributed by atoms with E-state index in [9.17, 15) is 19.8 Å². The van der Waals surface area contributed by atoms with Crippen LogP contribution in [0.3, 0.4) is 0 Å². The molecule has 49 heavy (non-hydrogen) atoms. The molecule has 1 fully saturated rings. The Labute approximate surface area is 295 Å². The molecule has 3 heterocycles. The largest absolute Gasteiger partial charge is 0.481 e. The fraction of sp³-hybridized carbons (Fsp3) is 0.351. The van der Waals surface area contributed by atoms with Crippen LogP contribution >= 0.6 is 23.2 Å². The number of halogens is 2. The molecule has 4 aromatic rings. The fourth-order valence-corrected chi connectivity index (χ4v) is 7.33. The zero-order valence-corrected chi connectivity index (χ0v) is 28.7. The Bertz CT molecular complexity index is 1850. The Morgan fingerprint density at radius 3 is 2.63 bits per heavy atom. The van der Waals surface area contributed by atoms with Gasteiger partial charge >= 0.3 is 5.97 Å². The molecule has 1 aliphatic carbocycles. The van der Waals surface area contributed by atoms with Gasteiger partial charge in [0.2, 0.25) is 11.8 Å². The van der Waals surface area contributed by atoms with Crippen LogP contribution in [0.4, 0.5) is 0 Å². The van der Waals surface area contributed by atoms with Crippen molar-refractivity contribution in [3.63, 3.8) is 0 Å². The molecule has 5 N–H and O–H groups in total. The first-order valence-corrected chi connectivity index (χ1v) is 17.2. The number of benzene rings is 2. The Hall–Kier alpha value is -4.06. The maximum atomic E-state index is 11.6. The van der Waals surface area contributed by atoms with Crippen LogP contribution in [0.15, 0.2) is 60.8 Å². The average Bonchev–Trinajstić information content (AvgIpc) is 3.53. The molecule has 1 unspecified atom stereocenters. The number of aliphatic hydroxyl groups is 1. The number of aliphatic hydroxyl groups excluding tert-OH is 1. The van der Waals surface area contributed by atoms with Crippen LogP contribution in [-0.2, 0) is 22.6 Å². The lowest BCUT2D eigenvalue weighted by Gasteiger charge is -2.28. The van der Waals surface area contributed by atoms with Crippen molar-refractivity contribution in [2.75, 3.05) is 20.3 Å². The van der Waals surface area contributed by atoms with Crippen LogP contribution in [0, 0.1) is 0 Å². The van der Waals surface area contributed by atoms with E-state index in [4.69, 9.17) is 27.9 Å². The summed E-state index contributed by atoms with van der Waals surface area (Å²) >= 11 is 14.2. The second kappa shape index (κ2) is 15.7. The molecule has 2 aromatic carbocycles. The van der Waals surface area contributed by atoms with Gasteiger partial charge < -0.3 is 30.9 Å². The van der Waals surface area contributed by atoms with E-state index in [2.05, 4.69) is 44.1 Å². The third-order valence-corrected chi connectivity index (χ3v) is 10.1. The lowest BCUT2D eigenvalue weighted by molar-refractivity contribution is -0.140. The molecule has 0 spiro atoms. The van der Waals surface area contributed by atoms with Gasteiger partial charge in [0.25, 0.3) is 0 Å². The highest BCUT2D eigenvalue weighted by molar-refractivity contribution is 6.39. The van der Waals surface area contributed by atoms with Gasteiger partial charge in [0.1, 0.15) is 6.04 Å². The Balaban J connectivity index is 1.24. The number of nitrogens with one attached hydrogen (secondary N) is 3. The van der Waals surface area contributed by atoms with Gasteiger partial charge in [-0.15, -0.1) is 0 Å². The van der Waals surface area contributed by atoms with E-state index in [1.807, 2.05) is 36.4 Å². The molecule has 12 heteroatoms. The number of carbonyl (C=O) groups is 2. The number of ether oxygens (including phenoxy) is 1. The Morgan fingerprint density at radius 1 is 1.06 bits per heavy atom. The van der Waals surface area contributed by atoms with E-state index in [1.54, 1.807) is 6.20 Å². The predicted octanol–water partition coefficient (Wildman–Crippen LogP) is 5.96. The minimum absolute atomic E-state index is 0.0819. The minimum Gasteiger partial charge on any atom is -0.481 e. The maximum Gasteiger partial charge on any atom is 0.320 e. The number of fused-ring (bicyclic) bond motifs is 1. The lowest BCUT2D eigenvalue weighted by Crippen LogP contribution is -2.38. The highest BCUT2D eigenvalue weighted by Crippen LogP contribution is 2.42. The third kappa shape index (κ3) is 7.74. The van der Waals surface area contributed by atoms with Gasteiger partial charge in [0, 0.05) is 72.2 Å². The number of carbonyl (C=O) groups excluding carboxylic acids is 1. The lowest BCUT2D eigenvalue weighted by atomic mass is 9.86. The van der Waals surface area contributed by atoms with Crippen molar-refractivity contribution in [1.29, 1.82) is 0 Å². The quantitative estimate of drug-likeness (QED) is 0.114. The van der Waals surface area contributed by atoms with Crippen molar-refractivity contribution in [3.05, 3.63) is 87.5 Å². The highest BCUT2D eigenvalue weighted by Gasteiger charge is 2.26. The molecular weight excluding hydrogens is 665 g/mol. The second-order valence-corrected chi connectivity index (χ2v) is 13.2. The predicted molar refractivity (Wildman–Crippen MR) is 190 cm³/mol. The number of amides is 1. The maximum absolute atomic E-state index is 11.6. The van der Waals surface area contributed by atoms with Crippen LogP contribution in [0.5, 0.6) is 5.88 Å². The first-order valence-electron chi connectivity index (χ1n) is 16.5. The Kier molecular flexibility index (Phi) is 11.1. The van der Waals surface area contributed by atoms with Crippen LogP contribution in [0.1, 0.15) is 54.8 Å². The van der Waals surface area contributed by atoms with E-state index in [0.717, 1.165) is 48.9 Å². The SMILES string of the molecule is COc1nc(-c2cccc(-c3ccnc(-c4ccc5c(c4)CCC[C@@H]5NC[C@@H]4CCC(=O)N4)c3Cl)c2Cl)ccc1CNC(CCO)C(=O)O. The number of rotatable bonds is 13. The van der Waals surface area contributed by atoms with Gasteiger partial charge in [0.05, 0.1) is 28.5 Å². The number of carboxylic acids is 1. The van der Waals surface area contributed by atoms with Gasteiger partial charge in [-0.25, -0.2) is 4.98 Å². The van der Waals surface area contributed by atoms with Gasteiger partial charge in [-0.1, -0.05) is 59.6 Å². The topological polar surface area (TPSA) is 146 Å². The minimum atomic E-state index is -1.04. The van der Waals surface area contributed by atoms with Crippen molar-refractivity contribution in [2.24, 2.45) is 0 Å². The summed E-state index contributed by atoms with van der Waals surface area (Å²) in [6, 6.07) is 17.1. The zero-order chi connectivity index (χ0) is 34.5. The van der Waals surface area contributed by atoms with E-state index in [0.29, 0.717) is 44.9 Å². The van der Waals surface area contributed by atoms with Crippen LogP contribution in [0.2, 0.25) is 10.0 Å². The highest BCUT2D eigenvalue weighted by atomic mass is 35.5. The monoisotopic (exact) mass is 703 g/mol. The molecule has 0 radical (unpaired) electrons. The smallest absolute Gasteiger partial charge is 0.320 e. The molecule has 1 amide bonds. The van der Waals surface area contributed by atoms with Crippen LogP contribution < -0.4 is 20.7 Å². The number of nitrogens with zero attached hydrogens (tertiary/aromatic N) is 2. The third-order valence-electron chi connectivity index (χ3n) is 9.27. The molecule has 10 nitrogen and oxygen atoms in total. The summed E-state index contributed by atoms with van der Waals surface area (Å²) in [5.74, 6) is -0.581. The van der Waals surface area contributed by atoms with E-state index >= 15 is 0 Å². The summed E-state index contributed by atoms with van der Waals surface area (Å²) in [5, 5.41) is 29.2. The fourth-order valence-electron chi connectivity index (χ4n) is 6.69. The van der Waals surface area contributed by atoms with E-state index in [1.165, 1.54) is 18.2 Å². The molecule has 2 aromatic heterocycles. The Morgan fingerprint density at radius 2 is 1.88 bits per heavy atom. The van der Waals surface area contributed by atoms with Crippen molar-refractivity contribution in [2.45, 2.75) is 63.2 Å². The van der Waals surface area contributed by atoms with Crippen molar-refractivity contribution in [1.82, 2.24) is 25.9 Å². The molecule has 0 saturated carbocycles. The molecule has 0 bridgehead atoms. The van der Waals surface area contributed by atoms with E-state index in [-0.39, 0.29) is 37.6 Å². The second-order valence-electron chi connectivity index (χ2n) is 12.4. The summed E-state index contributed by atoms with van der Waals surface area (Å²) in [6.45, 7) is 0.706. The summed E-state index contributed by atoms with van der Waals surface area (Å²) in [5.41, 5.74) is 7.55. The normalized spacial score (nSPS) is 17.8. The zero-order valence-electron chi connectivity index (χ0n) is 27.1. The number of carboxylic acid groups (broad SMARTS) is 1. The van der Waals surface area contributed by atoms with Gasteiger partial charge in [-0.05, 0) is 61.4 Å². The molecule has 1 saturated heterocycles. The number of hydrogen-bond acceptors (Lipinski definition) is 8. The number of methoxy groups -OCH3 is 1. The molecule has 6 rings (SSSR count). The van der Waals surface area contributed by atoms with Crippen molar-refractivity contribution in [3.8, 4) is 39.5 Å². The van der Waals surface area contributed by atoms with Gasteiger partial charge in [0.15, 0.2) is 0 Å². The van der Waals surface area contributed by atoms with Crippen molar-refractivity contribution >= 4 is 35.1 Å². The summed E-state index contributed by atoms with van der Waals surface area (Å²) in [6.07, 6.45) is 6.38. The standard InChI is InChI=1S/C37H39Cl2N5O5/c1-49-36-23(19-41-31(15-17-45)37(47)48)9-12-30(44-36)28-6-3-5-26(33(28)38)27-14-16-40-35(34(27)39)22-8-11-25-21(18-22)4-2-7-29(25)42-20-24-10-13-32(46)43-24/h3,5-6,8-9,11-12,14,16,18,24,29,31,41-42,45H,2,4,7,10,13,15,17,19-20H2,1H3,(H,43,46)(H,47,48)/t24-,29-,31?/m0/s1. The molecule has 3 atom stereocenters. The summed E-state index contributed by atoms with van der Waals surface area (Å²) < 4.78 is 5.55. The summed E-state index contributed by atoms with van der Waals surface area (Å²) in [4.78, 5) is 32.5. The molecule has 1 aliphatic heterocycles. The van der Waals surface area contributed by atoms with Gasteiger partial charge in [-0.3, -0.25) is 14.6 Å². The number of pyridine rings is 2. The average molecular weight is 705 g/mol. The number of aromatic nitrogens is 2. The van der Waals surface area contributed by atoms with Crippen LogP contribution in [0.25, 0.3) is 33.6 Å². The van der Waals surface area contributed by atoms with E-state index < -0.39 is 12.0 Å². The van der Waals surface area contributed by atoms with Crippen LogP contribution in [-0.4, -0.2) is 64.4 Å². The molecular formula is C37H39Cl2N5O5. The number of aliphatic carboxylic acids is 1.